The van der Waals surface area contributed by atoms with Gasteiger partial charge < -0.3 is 9.84 Å². The Labute approximate surface area is 91.4 Å². The molecule has 1 N–H and O–H groups in total. The quantitative estimate of drug-likeness (QED) is 0.868. The summed E-state index contributed by atoms with van der Waals surface area (Å²) in [5.74, 6) is -1.66. The van der Waals surface area contributed by atoms with Crippen molar-refractivity contribution in [3.63, 3.8) is 0 Å². The van der Waals surface area contributed by atoms with Crippen molar-refractivity contribution < 1.29 is 19.0 Å². The minimum atomic E-state index is -1.09. The molecule has 1 aromatic rings. The van der Waals surface area contributed by atoms with Gasteiger partial charge in [-0.05, 0) is 13.0 Å². The number of halogens is 2. The number of hydrogen-bond donors (Lipinski definition) is 1. The summed E-state index contributed by atoms with van der Waals surface area (Å²) in [7, 11) is 0. The van der Waals surface area contributed by atoms with Gasteiger partial charge in [0.2, 0.25) is 0 Å². The highest BCUT2D eigenvalue weighted by Crippen LogP contribution is 2.18. The Balaban J connectivity index is 2.66. The van der Waals surface area contributed by atoms with Crippen LogP contribution in [0.4, 0.5) is 4.39 Å². The zero-order valence-electron chi connectivity index (χ0n) is 8.04. The largest absolute Gasteiger partial charge is 0.479 e. The van der Waals surface area contributed by atoms with Gasteiger partial charge in [-0.25, -0.2) is 9.18 Å². The molecule has 0 heterocycles. The van der Waals surface area contributed by atoms with Crippen molar-refractivity contribution in [2.45, 2.75) is 19.6 Å². The van der Waals surface area contributed by atoms with Crippen LogP contribution in [0, 0.1) is 5.82 Å². The summed E-state index contributed by atoms with van der Waals surface area (Å²) in [6, 6.07) is 4.49. The Morgan fingerprint density at radius 3 is 2.93 bits per heavy atom. The fourth-order valence-electron chi connectivity index (χ4n) is 0.946. The van der Waals surface area contributed by atoms with Gasteiger partial charge in [-0.15, -0.1) is 0 Å². The van der Waals surface area contributed by atoms with Gasteiger partial charge in [0.15, 0.2) is 6.10 Å². The third-order valence-electron chi connectivity index (χ3n) is 1.87. The van der Waals surface area contributed by atoms with Crippen molar-refractivity contribution in [1.29, 1.82) is 0 Å². The molecule has 1 atom stereocenters. The average molecular weight is 233 g/mol. The number of rotatable bonds is 4. The molecule has 0 aromatic heterocycles. The molecule has 0 saturated heterocycles. The van der Waals surface area contributed by atoms with Crippen LogP contribution in [-0.2, 0) is 16.1 Å². The lowest BCUT2D eigenvalue weighted by molar-refractivity contribution is -0.149. The summed E-state index contributed by atoms with van der Waals surface area (Å²) in [6.07, 6.45) is -0.969. The van der Waals surface area contributed by atoms with E-state index in [-0.39, 0.29) is 17.2 Å². The van der Waals surface area contributed by atoms with Gasteiger partial charge in [-0.1, -0.05) is 23.7 Å². The number of benzene rings is 1. The van der Waals surface area contributed by atoms with Crippen LogP contribution < -0.4 is 0 Å². The van der Waals surface area contributed by atoms with E-state index in [0.29, 0.717) is 0 Å². The smallest absolute Gasteiger partial charge is 0.332 e. The number of carboxylic acid groups (broad SMARTS) is 1. The number of hydrogen-bond acceptors (Lipinski definition) is 2. The molecule has 0 aliphatic carbocycles. The van der Waals surface area contributed by atoms with E-state index in [1.807, 2.05) is 0 Å². The fourth-order valence-corrected chi connectivity index (χ4v) is 1.14. The molecule has 3 nitrogen and oxygen atoms in total. The second-order valence-electron chi connectivity index (χ2n) is 3.00. The SMILES string of the molecule is CC(OCc1cccc(Cl)c1F)C(=O)O. The van der Waals surface area contributed by atoms with E-state index < -0.39 is 17.9 Å². The lowest BCUT2D eigenvalue weighted by Gasteiger charge is -2.09. The maximum absolute atomic E-state index is 13.3. The van der Waals surface area contributed by atoms with E-state index >= 15 is 0 Å². The maximum Gasteiger partial charge on any atom is 0.332 e. The van der Waals surface area contributed by atoms with Gasteiger partial charge in [-0.3, -0.25) is 0 Å². The monoisotopic (exact) mass is 232 g/mol. The molecule has 15 heavy (non-hydrogen) atoms. The zero-order valence-corrected chi connectivity index (χ0v) is 8.79. The summed E-state index contributed by atoms with van der Waals surface area (Å²) in [4.78, 5) is 10.4. The van der Waals surface area contributed by atoms with Crippen LogP contribution in [-0.4, -0.2) is 17.2 Å². The van der Waals surface area contributed by atoms with Crippen LogP contribution in [0.3, 0.4) is 0 Å². The number of carbonyl (C=O) groups is 1. The van der Waals surface area contributed by atoms with E-state index in [2.05, 4.69) is 0 Å². The second-order valence-corrected chi connectivity index (χ2v) is 3.41. The first-order chi connectivity index (χ1) is 7.02. The predicted molar refractivity (Wildman–Crippen MR) is 53.3 cm³/mol. The molecule has 0 aliphatic rings. The topological polar surface area (TPSA) is 46.5 Å². The fraction of sp³-hybridized carbons (Fsp3) is 0.300. The van der Waals surface area contributed by atoms with E-state index in [4.69, 9.17) is 21.4 Å². The molecule has 5 heteroatoms. The molecule has 0 saturated carbocycles. The maximum atomic E-state index is 13.3. The number of aliphatic carboxylic acids is 1. The lowest BCUT2D eigenvalue weighted by atomic mass is 10.2. The zero-order chi connectivity index (χ0) is 11.4. The standard InChI is InChI=1S/C10H10ClFO3/c1-6(10(13)14)15-5-7-3-2-4-8(11)9(7)12/h2-4,6H,5H2,1H3,(H,13,14). The van der Waals surface area contributed by atoms with E-state index in [1.165, 1.54) is 19.1 Å². The normalized spacial score (nSPS) is 12.5. The van der Waals surface area contributed by atoms with Crippen LogP contribution in [0.15, 0.2) is 18.2 Å². The van der Waals surface area contributed by atoms with Gasteiger partial charge in [0.05, 0.1) is 11.6 Å². The molecule has 0 radical (unpaired) electrons. The highest BCUT2D eigenvalue weighted by molar-refractivity contribution is 6.30. The summed E-state index contributed by atoms with van der Waals surface area (Å²) >= 11 is 5.54. The van der Waals surface area contributed by atoms with Crippen LogP contribution in [0.25, 0.3) is 0 Å². The van der Waals surface area contributed by atoms with Gasteiger partial charge in [0.1, 0.15) is 5.82 Å². The third-order valence-corrected chi connectivity index (χ3v) is 2.16. The molecule has 1 aromatic carbocycles. The van der Waals surface area contributed by atoms with Crippen molar-refractivity contribution in [3.8, 4) is 0 Å². The summed E-state index contributed by atoms with van der Waals surface area (Å²) in [5.41, 5.74) is 0.246. The molecule has 0 aliphatic heterocycles. The summed E-state index contributed by atoms with van der Waals surface area (Å²) in [5, 5.41) is 8.54. The first-order valence-corrected chi connectivity index (χ1v) is 4.67. The van der Waals surface area contributed by atoms with Crippen molar-refractivity contribution in [2.75, 3.05) is 0 Å². The van der Waals surface area contributed by atoms with E-state index in [0.717, 1.165) is 0 Å². The molecular weight excluding hydrogens is 223 g/mol. The van der Waals surface area contributed by atoms with Crippen molar-refractivity contribution in [1.82, 2.24) is 0 Å². The lowest BCUT2D eigenvalue weighted by Crippen LogP contribution is -2.19. The molecule has 0 fully saturated rings. The predicted octanol–water partition coefficient (Wildman–Crippen LogP) is 2.47. The molecule has 0 spiro atoms. The van der Waals surface area contributed by atoms with Gasteiger partial charge in [0.25, 0.3) is 0 Å². The van der Waals surface area contributed by atoms with Crippen molar-refractivity contribution >= 4 is 17.6 Å². The van der Waals surface area contributed by atoms with Crippen LogP contribution in [0.1, 0.15) is 12.5 Å². The van der Waals surface area contributed by atoms with E-state index in [1.54, 1.807) is 6.07 Å². The Morgan fingerprint density at radius 1 is 1.67 bits per heavy atom. The second kappa shape index (κ2) is 5.09. The molecule has 1 rings (SSSR count). The first kappa shape index (κ1) is 11.9. The van der Waals surface area contributed by atoms with Crippen LogP contribution in [0.5, 0.6) is 0 Å². The number of carboxylic acids is 1. The van der Waals surface area contributed by atoms with Gasteiger partial charge >= 0.3 is 5.97 Å². The molecule has 0 amide bonds. The van der Waals surface area contributed by atoms with Crippen LogP contribution in [0.2, 0.25) is 5.02 Å². The molecule has 82 valence electrons. The molecule has 1 unspecified atom stereocenters. The summed E-state index contributed by atoms with van der Waals surface area (Å²) < 4.78 is 18.2. The van der Waals surface area contributed by atoms with Crippen molar-refractivity contribution in [3.05, 3.63) is 34.6 Å². The average Bonchev–Trinajstić information content (AvgIpc) is 2.19. The Morgan fingerprint density at radius 2 is 2.33 bits per heavy atom. The minimum Gasteiger partial charge on any atom is -0.479 e. The molecule has 0 bridgehead atoms. The Bertz CT molecular complexity index is 368. The molecular formula is C10H10ClFO3. The van der Waals surface area contributed by atoms with Crippen molar-refractivity contribution in [2.24, 2.45) is 0 Å². The third kappa shape index (κ3) is 3.18. The highest BCUT2D eigenvalue weighted by Gasteiger charge is 2.13. The van der Waals surface area contributed by atoms with Gasteiger partial charge in [-0.2, -0.15) is 0 Å². The Kier molecular flexibility index (Phi) is 4.05. The van der Waals surface area contributed by atoms with Crippen LogP contribution >= 0.6 is 11.6 Å². The summed E-state index contributed by atoms with van der Waals surface area (Å²) in [6.45, 7) is 1.27. The highest BCUT2D eigenvalue weighted by atomic mass is 35.5. The van der Waals surface area contributed by atoms with Gasteiger partial charge in [0, 0.05) is 5.56 Å². The van der Waals surface area contributed by atoms with E-state index in [9.17, 15) is 9.18 Å². The first-order valence-electron chi connectivity index (χ1n) is 4.29. The number of ether oxygens (including phenoxy) is 1. The Hall–Kier alpha value is -1.13. The minimum absolute atomic E-state index is 0.000854.